The fraction of sp³-hybridized carbons (Fsp3) is 0.348. The summed E-state index contributed by atoms with van der Waals surface area (Å²) in [6, 6.07) is 12.3. The molecule has 2 heterocycles. The molecule has 0 saturated heterocycles. The second kappa shape index (κ2) is 10.4. The lowest BCUT2D eigenvalue weighted by Gasteiger charge is -2.18. The molecule has 30 heavy (non-hydrogen) atoms. The normalized spacial score (nSPS) is 11.5. The second-order valence-electron chi connectivity index (χ2n) is 7.35. The van der Waals surface area contributed by atoms with Crippen molar-refractivity contribution in [3.63, 3.8) is 0 Å². The third-order valence-electron chi connectivity index (χ3n) is 5.10. The van der Waals surface area contributed by atoms with Gasteiger partial charge in [-0.15, -0.1) is 0 Å². The van der Waals surface area contributed by atoms with Crippen molar-refractivity contribution in [3.8, 4) is 0 Å². The van der Waals surface area contributed by atoms with Gasteiger partial charge in [0.1, 0.15) is 0 Å². The van der Waals surface area contributed by atoms with Crippen LogP contribution in [0.5, 0.6) is 0 Å². The van der Waals surface area contributed by atoms with E-state index in [1.807, 2.05) is 25.2 Å². The van der Waals surface area contributed by atoms with Gasteiger partial charge in [0.25, 0.3) is 0 Å². The Labute approximate surface area is 177 Å². The minimum absolute atomic E-state index is 0.0147. The molecule has 0 radical (unpaired) electrons. The lowest BCUT2D eigenvalue weighted by molar-refractivity contribution is -0.128. The van der Waals surface area contributed by atoms with Crippen LogP contribution in [0.1, 0.15) is 16.8 Å². The van der Waals surface area contributed by atoms with E-state index >= 15 is 0 Å². The van der Waals surface area contributed by atoms with Gasteiger partial charge in [-0.3, -0.25) is 14.8 Å². The Morgan fingerprint density at radius 3 is 2.83 bits per heavy atom. The number of fused-ring (bicyclic) bond motifs is 1. The lowest BCUT2D eigenvalue weighted by Crippen LogP contribution is -2.44. The first kappa shape index (κ1) is 21.4. The molecule has 1 amide bonds. The number of aryl methyl sites for hydroxylation is 1. The van der Waals surface area contributed by atoms with Gasteiger partial charge in [-0.05, 0) is 42.7 Å². The van der Waals surface area contributed by atoms with Crippen LogP contribution in [0.25, 0.3) is 10.9 Å². The zero-order chi connectivity index (χ0) is 21.3. The van der Waals surface area contributed by atoms with E-state index in [9.17, 15) is 4.79 Å². The Hall–Kier alpha value is -3.35. The maximum Gasteiger partial charge on any atom is 0.241 e. The van der Waals surface area contributed by atoms with Crippen LogP contribution in [0.4, 0.5) is 0 Å². The van der Waals surface area contributed by atoms with Crippen molar-refractivity contribution in [2.45, 2.75) is 19.8 Å². The number of aromatic nitrogens is 2. The third kappa shape index (κ3) is 5.83. The molecule has 0 atom stereocenters. The average Bonchev–Trinajstić information content (AvgIpc) is 3.16. The Kier molecular flexibility index (Phi) is 7.43. The summed E-state index contributed by atoms with van der Waals surface area (Å²) in [6.07, 6.45) is 5.43. The quantitative estimate of drug-likeness (QED) is 0.396. The molecule has 0 saturated carbocycles. The number of benzene rings is 1. The zero-order valence-corrected chi connectivity index (χ0v) is 17.9. The van der Waals surface area contributed by atoms with E-state index in [1.165, 1.54) is 16.5 Å². The number of nitrogens with one attached hydrogen (secondary N) is 3. The van der Waals surface area contributed by atoms with Gasteiger partial charge in [-0.2, -0.15) is 0 Å². The van der Waals surface area contributed by atoms with Gasteiger partial charge < -0.3 is 20.5 Å². The third-order valence-corrected chi connectivity index (χ3v) is 5.10. The van der Waals surface area contributed by atoms with Gasteiger partial charge >= 0.3 is 0 Å². The first-order chi connectivity index (χ1) is 14.6. The minimum Gasteiger partial charge on any atom is -0.361 e. The van der Waals surface area contributed by atoms with E-state index in [4.69, 9.17) is 0 Å². The standard InChI is InChI=1S/C23H30N6O/c1-17-7-8-20-18(15-27-21(20)14-17)9-12-26-23(24-2)28-16-22(30)29(3)13-10-19-6-4-5-11-25-19/h4-8,11,14-15,27H,9-10,12-13,16H2,1-3H3,(H2,24,26,28). The van der Waals surface area contributed by atoms with Crippen LogP contribution in [0.3, 0.4) is 0 Å². The minimum atomic E-state index is 0.0147. The maximum atomic E-state index is 12.4. The highest BCUT2D eigenvalue weighted by molar-refractivity contribution is 5.86. The van der Waals surface area contributed by atoms with Gasteiger partial charge in [0.05, 0.1) is 6.54 Å². The molecule has 7 nitrogen and oxygen atoms in total. The zero-order valence-electron chi connectivity index (χ0n) is 17.9. The Bertz CT molecular complexity index is 995. The molecule has 0 bridgehead atoms. The summed E-state index contributed by atoms with van der Waals surface area (Å²) < 4.78 is 0. The van der Waals surface area contributed by atoms with Crippen molar-refractivity contribution in [2.75, 3.05) is 33.7 Å². The highest BCUT2D eigenvalue weighted by atomic mass is 16.2. The average molecular weight is 407 g/mol. The van der Waals surface area contributed by atoms with Crippen LogP contribution in [0, 0.1) is 6.92 Å². The van der Waals surface area contributed by atoms with Crippen molar-refractivity contribution >= 4 is 22.8 Å². The van der Waals surface area contributed by atoms with E-state index < -0.39 is 0 Å². The number of hydrogen-bond acceptors (Lipinski definition) is 3. The molecule has 0 aliphatic heterocycles. The van der Waals surface area contributed by atoms with E-state index in [1.54, 1.807) is 18.1 Å². The number of H-pyrrole nitrogens is 1. The van der Waals surface area contributed by atoms with Crippen molar-refractivity contribution in [3.05, 3.63) is 65.6 Å². The molecule has 3 rings (SSSR count). The molecule has 0 fully saturated rings. The molecule has 2 aromatic heterocycles. The second-order valence-corrected chi connectivity index (χ2v) is 7.35. The molecule has 158 valence electrons. The number of amides is 1. The first-order valence-corrected chi connectivity index (χ1v) is 10.2. The van der Waals surface area contributed by atoms with E-state index in [2.05, 4.69) is 56.9 Å². The number of rotatable bonds is 8. The lowest BCUT2D eigenvalue weighted by atomic mass is 10.1. The monoisotopic (exact) mass is 406 g/mol. The summed E-state index contributed by atoms with van der Waals surface area (Å²) in [5.74, 6) is 0.637. The van der Waals surface area contributed by atoms with Crippen LogP contribution >= 0.6 is 0 Å². The number of likely N-dealkylation sites (N-methyl/N-ethyl adjacent to an activating group) is 1. The van der Waals surface area contributed by atoms with Gasteiger partial charge in [0.2, 0.25) is 5.91 Å². The van der Waals surface area contributed by atoms with Crippen LogP contribution < -0.4 is 10.6 Å². The Morgan fingerprint density at radius 2 is 2.07 bits per heavy atom. The number of aliphatic imine (C=N–C) groups is 1. The van der Waals surface area contributed by atoms with E-state index in [-0.39, 0.29) is 12.5 Å². The van der Waals surface area contributed by atoms with Crippen molar-refractivity contribution < 1.29 is 4.79 Å². The fourth-order valence-corrected chi connectivity index (χ4v) is 3.29. The van der Waals surface area contributed by atoms with Crippen LogP contribution in [0.15, 0.2) is 53.8 Å². The number of carbonyl (C=O) groups is 1. The molecular formula is C23H30N6O. The molecule has 3 aromatic rings. The maximum absolute atomic E-state index is 12.4. The number of carbonyl (C=O) groups excluding carboxylic acids is 1. The number of guanidine groups is 1. The largest absolute Gasteiger partial charge is 0.361 e. The smallest absolute Gasteiger partial charge is 0.241 e. The molecular weight excluding hydrogens is 376 g/mol. The number of pyridine rings is 1. The predicted octanol–water partition coefficient (Wildman–Crippen LogP) is 2.28. The van der Waals surface area contributed by atoms with Gasteiger partial charge in [0.15, 0.2) is 5.96 Å². The van der Waals surface area contributed by atoms with Gasteiger partial charge in [0, 0.05) is 62.6 Å². The number of hydrogen-bond donors (Lipinski definition) is 3. The highest BCUT2D eigenvalue weighted by Crippen LogP contribution is 2.19. The van der Waals surface area contributed by atoms with Crippen LogP contribution in [0.2, 0.25) is 0 Å². The van der Waals surface area contributed by atoms with Crippen LogP contribution in [-0.4, -0.2) is 60.5 Å². The van der Waals surface area contributed by atoms with Crippen molar-refractivity contribution in [2.24, 2.45) is 4.99 Å². The first-order valence-electron chi connectivity index (χ1n) is 10.2. The summed E-state index contributed by atoms with van der Waals surface area (Å²) in [4.78, 5) is 25.9. The predicted molar refractivity (Wildman–Crippen MR) is 122 cm³/mol. The van der Waals surface area contributed by atoms with E-state index in [0.717, 1.165) is 30.6 Å². The molecule has 0 aliphatic rings. The SMILES string of the molecule is CN=C(NCCc1c[nH]c2cc(C)ccc12)NCC(=O)N(C)CCc1ccccn1. The van der Waals surface area contributed by atoms with Gasteiger partial charge in [-0.25, -0.2) is 0 Å². The molecule has 0 spiro atoms. The summed E-state index contributed by atoms with van der Waals surface area (Å²) in [5.41, 5.74) is 4.65. The summed E-state index contributed by atoms with van der Waals surface area (Å²) >= 11 is 0. The van der Waals surface area contributed by atoms with Crippen molar-refractivity contribution in [1.82, 2.24) is 25.5 Å². The summed E-state index contributed by atoms with van der Waals surface area (Å²) in [7, 11) is 3.51. The Balaban J connectivity index is 1.41. The fourth-order valence-electron chi connectivity index (χ4n) is 3.29. The van der Waals surface area contributed by atoms with E-state index in [0.29, 0.717) is 12.5 Å². The van der Waals surface area contributed by atoms with Gasteiger partial charge in [-0.1, -0.05) is 18.2 Å². The molecule has 0 aliphatic carbocycles. The summed E-state index contributed by atoms with van der Waals surface area (Å²) in [6.45, 7) is 3.65. The summed E-state index contributed by atoms with van der Waals surface area (Å²) in [5, 5.41) is 7.62. The van der Waals surface area contributed by atoms with Crippen LogP contribution in [-0.2, 0) is 17.6 Å². The van der Waals surface area contributed by atoms with Crippen molar-refractivity contribution in [1.29, 1.82) is 0 Å². The molecule has 7 heteroatoms. The topological polar surface area (TPSA) is 85.4 Å². The Morgan fingerprint density at radius 1 is 1.20 bits per heavy atom. The number of aromatic amines is 1. The number of nitrogens with zero attached hydrogens (tertiary/aromatic N) is 3. The molecule has 1 aromatic carbocycles. The molecule has 3 N–H and O–H groups in total. The molecule has 0 unspecified atom stereocenters. The highest BCUT2D eigenvalue weighted by Gasteiger charge is 2.10.